The van der Waals surface area contributed by atoms with E-state index in [0.717, 1.165) is 34.2 Å². The van der Waals surface area contributed by atoms with E-state index in [-0.39, 0.29) is 0 Å². The summed E-state index contributed by atoms with van der Waals surface area (Å²) in [6, 6.07) is 13.5. The Bertz CT molecular complexity index is 981. The number of anilines is 3. The summed E-state index contributed by atoms with van der Waals surface area (Å²) in [7, 11) is 0. The molecule has 0 saturated carbocycles. The second-order valence-corrected chi connectivity index (χ2v) is 5.73. The van der Waals surface area contributed by atoms with Gasteiger partial charge in [0, 0.05) is 23.0 Å². The molecule has 4 aromatic rings. The molecule has 3 heterocycles. The van der Waals surface area contributed by atoms with E-state index in [0.29, 0.717) is 12.5 Å². The lowest BCUT2D eigenvalue weighted by Crippen LogP contribution is -2.05. The first kappa shape index (κ1) is 15.9. The number of hydrogen-bond acceptors (Lipinski definition) is 7. The van der Waals surface area contributed by atoms with Crippen LogP contribution in [0.25, 0.3) is 11.3 Å². The molecule has 0 fully saturated rings. The summed E-state index contributed by atoms with van der Waals surface area (Å²) < 4.78 is 10.4. The average molecular weight is 347 g/mol. The minimum absolute atomic E-state index is 0.518. The number of furan rings is 1. The third kappa shape index (κ3) is 3.72. The number of nitrogens with one attached hydrogen (secondary N) is 2. The molecular formula is C19H17N5O2. The van der Waals surface area contributed by atoms with E-state index in [1.807, 2.05) is 49.4 Å². The van der Waals surface area contributed by atoms with Crippen molar-refractivity contribution in [1.82, 2.24) is 15.0 Å². The lowest BCUT2D eigenvalue weighted by atomic mass is 10.1. The highest BCUT2D eigenvalue weighted by molar-refractivity contribution is 5.66. The van der Waals surface area contributed by atoms with Crippen LogP contribution in [0.15, 0.2) is 70.2 Å². The van der Waals surface area contributed by atoms with E-state index in [1.54, 1.807) is 12.5 Å². The summed E-state index contributed by atoms with van der Waals surface area (Å²) in [4.78, 5) is 13.1. The second kappa shape index (κ2) is 7.10. The Labute approximate surface area is 150 Å². The third-order valence-electron chi connectivity index (χ3n) is 3.72. The van der Waals surface area contributed by atoms with Gasteiger partial charge in [0.25, 0.3) is 0 Å². The molecule has 4 rings (SSSR count). The number of hydrogen-bond donors (Lipinski definition) is 2. The fourth-order valence-electron chi connectivity index (χ4n) is 2.55. The zero-order valence-corrected chi connectivity index (χ0v) is 14.1. The third-order valence-corrected chi connectivity index (χ3v) is 3.72. The zero-order valence-electron chi connectivity index (χ0n) is 14.1. The minimum Gasteiger partial charge on any atom is -0.467 e. The van der Waals surface area contributed by atoms with Crippen LogP contribution >= 0.6 is 0 Å². The van der Waals surface area contributed by atoms with Crippen molar-refractivity contribution in [3.05, 3.63) is 72.8 Å². The minimum atomic E-state index is 0.518. The van der Waals surface area contributed by atoms with Gasteiger partial charge in [0.05, 0.1) is 12.8 Å². The van der Waals surface area contributed by atoms with Gasteiger partial charge in [-0.3, -0.25) is 0 Å². The summed E-state index contributed by atoms with van der Waals surface area (Å²) >= 11 is 0. The van der Waals surface area contributed by atoms with Gasteiger partial charge in [0.2, 0.25) is 5.95 Å². The van der Waals surface area contributed by atoms with Crippen molar-refractivity contribution in [2.75, 3.05) is 10.6 Å². The molecule has 2 N–H and O–H groups in total. The maximum atomic E-state index is 5.32. The fourth-order valence-corrected chi connectivity index (χ4v) is 2.55. The first-order valence-electron chi connectivity index (χ1n) is 8.14. The molecule has 3 aromatic heterocycles. The van der Waals surface area contributed by atoms with Crippen LogP contribution in [-0.4, -0.2) is 15.0 Å². The van der Waals surface area contributed by atoms with Gasteiger partial charge in [0.15, 0.2) is 6.39 Å². The molecule has 0 unspecified atom stereocenters. The zero-order chi connectivity index (χ0) is 17.8. The van der Waals surface area contributed by atoms with Crippen molar-refractivity contribution in [2.24, 2.45) is 0 Å². The summed E-state index contributed by atoms with van der Waals surface area (Å²) in [6.45, 7) is 2.49. The van der Waals surface area contributed by atoms with E-state index < -0.39 is 0 Å². The molecule has 0 radical (unpaired) electrons. The molecule has 7 nitrogen and oxygen atoms in total. The Morgan fingerprint density at radius 1 is 1.08 bits per heavy atom. The maximum absolute atomic E-state index is 5.32. The maximum Gasteiger partial charge on any atom is 0.229 e. The van der Waals surface area contributed by atoms with Crippen LogP contribution in [0.2, 0.25) is 0 Å². The predicted molar refractivity (Wildman–Crippen MR) is 98.0 cm³/mol. The Morgan fingerprint density at radius 2 is 2.04 bits per heavy atom. The topological polar surface area (TPSA) is 89.0 Å². The SMILES string of the molecule is Cc1cc(NCc2ccco2)nc(Nc2cccc(-c3cocn3)c2)n1. The Hall–Kier alpha value is -3.61. The van der Waals surface area contributed by atoms with Crippen molar-refractivity contribution in [1.29, 1.82) is 0 Å². The standard InChI is InChI=1S/C19H17N5O2/c1-13-8-18(20-10-16-6-3-7-26-16)24-19(22-13)23-15-5-2-4-14(9-15)17-11-25-12-21-17/h2-9,11-12H,10H2,1H3,(H2,20,22,23,24). The smallest absolute Gasteiger partial charge is 0.229 e. The van der Waals surface area contributed by atoms with Gasteiger partial charge < -0.3 is 19.5 Å². The van der Waals surface area contributed by atoms with Gasteiger partial charge in [0.1, 0.15) is 23.5 Å². The molecule has 0 aliphatic carbocycles. The van der Waals surface area contributed by atoms with Crippen molar-refractivity contribution in [2.45, 2.75) is 13.5 Å². The summed E-state index contributed by atoms with van der Waals surface area (Å²) in [5.41, 5.74) is 3.46. The largest absolute Gasteiger partial charge is 0.467 e. The average Bonchev–Trinajstić information content (AvgIpc) is 3.34. The molecule has 130 valence electrons. The molecule has 0 aliphatic heterocycles. The van der Waals surface area contributed by atoms with E-state index in [1.165, 1.54) is 6.39 Å². The molecule has 0 atom stereocenters. The normalized spacial score (nSPS) is 10.7. The highest BCUT2D eigenvalue weighted by atomic mass is 16.3. The van der Waals surface area contributed by atoms with Gasteiger partial charge in [-0.1, -0.05) is 12.1 Å². The van der Waals surface area contributed by atoms with Crippen molar-refractivity contribution in [3.8, 4) is 11.3 Å². The van der Waals surface area contributed by atoms with Crippen LogP contribution in [0.1, 0.15) is 11.5 Å². The van der Waals surface area contributed by atoms with E-state index in [2.05, 4.69) is 25.6 Å². The first-order chi connectivity index (χ1) is 12.8. The van der Waals surface area contributed by atoms with Crippen LogP contribution in [0.5, 0.6) is 0 Å². The molecular weight excluding hydrogens is 330 g/mol. The molecule has 0 saturated heterocycles. The van der Waals surface area contributed by atoms with Crippen molar-refractivity contribution < 1.29 is 8.83 Å². The first-order valence-corrected chi connectivity index (χ1v) is 8.14. The van der Waals surface area contributed by atoms with Gasteiger partial charge in [-0.05, 0) is 31.2 Å². The number of oxazole rings is 1. The van der Waals surface area contributed by atoms with E-state index >= 15 is 0 Å². The predicted octanol–water partition coefficient (Wildman–Crippen LogP) is 4.39. The van der Waals surface area contributed by atoms with Gasteiger partial charge in [-0.25, -0.2) is 9.97 Å². The molecule has 0 aliphatic rings. The van der Waals surface area contributed by atoms with Crippen LogP contribution in [0.4, 0.5) is 17.5 Å². The molecule has 1 aromatic carbocycles. The fraction of sp³-hybridized carbons (Fsp3) is 0.105. The number of rotatable bonds is 6. The Kier molecular flexibility index (Phi) is 4.34. The van der Waals surface area contributed by atoms with Gasteiger partial charge >= 0.3 is 0 Å². The van der Waals surface area contributed by atoms with E-state index in [9.17, 15) is 0 Å². The van der Waals surface area contributed by atoms with Crippen LogP contribution in [0.3, 0.4) is 0 Å². The van der Waals surface area contributed by atoms with Gasteiger partial charge in [-0.15, -0.1) is 0 Å². The molecule has 0 bridgehead atoms. The van der Waals surface area contributed by atoms with Gasteiger partial charge in [-0.2, -0.15) is 4.98 Å². The number of aromatic nitrogens is 3. The summed E-state index contributed by atoms with van der Waals surface area (Å²) in [5, 5.41) is 6.48. The highest BCUT2D eigenvalue weighted by Crippen LogP contribution is 2.23. The molecule has 0 amide bonds. The number of aryl methyl sites for hydroxylation is 1. The van der Waals surface area contributed by atoms with Crippen molar-refractivity contribution >= 4 is 17.5 Å². The Balaban J connectivity index is 1.52. The summed E-state index contributed by atoms with van der Waals surface area (Å²) in [6.07, 6.45) is 4.67. The molecule has 7 heteroatoms. The van der Waals surface area contributed by atoms with Crippen LogP contribution < -0.4 is 10.6 Å². The van der Waals surface area contributed by atoms with Crippen LogP contribution in [0, 0.1) is 6.92 Å². The highest BCUT2D eigenvalue weighted by Gasteiger charge is 2.06. The molecule has 0 spiro atoms. The monoisotopic (exact) mass is 347 g/mol. The lowest BCUT2D eigenvalue weighted by Gasteiger charge is -2.10. The quantitative estimate of drug-likeness (QED) is 0.535. The second-order valence-electron chi connectivity index (χ2n) is 5.73. The van der Waals surface area contributed by atoms with E-state index in [4.69, 9.17) is 8.83 Å². The summed E-state index contributed by atoms with van der Waals surface area (Å²) in [5.74, 6) is 2.09. The number of nitrogens with zero attached hydrogens (tertiary/aromatic N) is 3. The van der Waals surface area contributed by atoms with Crippen molar-refractivity contribution in [3.63, 3.8) is 0 Å². The number of benzene rings is 1. The van der Waals surface area contributed by atoms with Crippen LogP contribution in [-0.2, 0) is 6.54 Å². The molecule has 26 heavy (non-hydrogen) atoms. The lowest BCUT2D eigenvalue weighted by molar-refractivity contribution is 0.518. The Morgan fingerprint density at radius 3 is 2.85 bits per heavy atom.